The minimum atomic E-state index is -0.847. The molecule has 0 saturated carbocycles. The van der Waals surface area contributed by atoms with Gasteiger partial charge in [0.05, 0.1) is 23.6 Å². The summed E-state index contributed by atoms with van der Waals surface area (Å²) < 4.78 is 52.9. The minimum Gasteiger partial charge on any atom is -0.387 e. The predicted molar refractivity (Wildman–Crippen MR) is 171 cm³/mol. The summed E-state index contributed by atoms with van der Waals surface area (Å²) in [4.78, 5) is 8.34. The van der Waals surface area contributed by atoms with Crippen molar-refractivity contribution in [3.05, 3.63) is 165 Å². The molecule has 0 amide bonds. The molecule has 2 heterocycles. The Labute approximate surface area is 271 Å². The second-order valence-corrected chi connectivity index (χ2v) is 11.9. The molecule has 240 valence electrons. The molecule has 0 saturated heterocycles. The van der Waals surface area contributed by atoms with Gasteiger partial charge in [-0.1, -0.05) is 55.8 Å². The Bertz CT molecular complexity index is 1680. The molecule has 0 aliphatic heterocycles. The summed E-state index contributed by atoms with van der Waals surface area (Å²) in [6.07, 6.45) is 3.00. The maximum Gasteiger partial charge on any atom is 0.126 e. The fraction of sp³-hybridized carbons (Fsp3) is 0.243. The number of pyridine rings is 2. The van der Waals surface area contributed by atoms with Crippen LogP contribution in [0.2, 0.25) is 5.02 Å². The van der Waals surface area contributed by atoms with Crippen molar-refractivity contribution in [3.8, 4) is 0 Å². The third-order valence-electron chi connectivity index (χ3n) is 7.48. The Hall–Kier alpha value is -4.11. The molecule has 0 radical (unpaired) electrons. The zero-order valence-corrected chi connectivity index (χ0v) is 26.2. The topological polar surface area (TPSA) is 66.2 Å². The molecule has 2 N–H and O–H groups in total. The van der Waals surface area contributed by atoms with Gasteiger partial charge in [-0.15, -0.1) is 0 Å². The number of hydrogen-bond acceptors (Lipinski definition) is 4. The summed E-state index contributed by atoms with van der Waals surface area (Å²) in [6, 6.07) is 23.9. The van der Waals surface area contributed by atoms with E-state index >= 15 is 0 Å². The van der Waals surface area contributed by atoms with Crippen LogP contribution in [0.4, 0.5) is 17.6 Å². The Morgan fingerprint density at radius 1 is 0.565 bits per heavy atom. The van der Waals surface area contributed by atoms with Gasteiger partial charge in [-0.05, 0) is 102 Å². The number of aromatic nitrogens is 2. The summed E-state index contributed by atoms with van der Waals surface area (Å²) in [5.41, 5.74) is 4.28. The summed E-state index contributed by atoms with van der Waals surface area (Å²) in [7, 11) is 0. The highest BCUT2D eigenvalue weighted by Crippen LogP contribution is 2.27. The van der Waals surface area contributed by atoms with Crippen LogP contribution in [-0.4, -0.2) is 20.2 Å². The van der Waals surface area contributed by atoms with Crippen molar-refractivity contribution >= 4 is 11.6 Å². The van der Waals surface area contributed by atoms with E-state index < -0.39 is 35.5 Å². The molecule has 0 aliphatic carbocycles. The van der Waals surface area contributed by atoms with E-state index in [2.05, 4.69) is 22.1 Å². The lowest BCUT2D eigenvalue weighted by atomic mass is 9.92. The van der Waals surface area contributed by atoms with Crippen molar-refractivity contribution in [1.29, 1.82) is 0 Å². The van der Waals surface area contributed by atoms with Crippen LogP contribution < -0.4 is 0 Å². The van der Waals surface area contributed by atoms with Gasteiger partial charge in [0, 0.05) is 29.5 Å². The smallest absolute Gasteiger partial charge is 0.126 e. The number of rotatable bonds is 10. The Balaban J connectivity index is 0.000000216. The average molecular weight is 651 g/mol. The molecule has 5 rings (SSSR count). The lowest BCUT2D eigenvalue weighted by Gasteiger charge is -2.19. The van der Waals surface area contributed by atoms with Crippen LogP contribution in [0.5, 0.6) is 0 Å². The Morgan fingerprint density at radius 2 is 1.02 bits per heavy atom. The summed E-state index contributed by atoms with van der Waals surface area (Å²) in [6.45, 7) is 3.63. The van der Waals surface area contributed by atoms with Crippen molar-refractivity contribution < 1.29 is 27.8 Å². The van der Waals surface area contributed by atoms with E-state index in [0.29, 0.717) is 40.4 Å². The van der Waals surface area contributed by atoms with E-state index in [1.54, 1.807) is 25.3 Å². The standard InChI is InChI=1S/C22H21F2NO.C15H14ClF2NO/c1-15(9-18-11-19(23)14-20(24)12-18)22(26)21-13-17(7-8-25-21)10-16-5-3-2-4-6-16;1-9(4-10-5-12(17)8-13(18)6-10)15(20)14-7-11(16)2-3-19-14/h2-8,11-15,22,26H,9-10H2,1H3;2-3,5-9,15,20H,4H2,1H3/t15-,22-;9-,15-/m00/s1. The van der Waals surface area contributed by atoms with Crippen LogP contribution in [0.15, 0.2) is 103 Å². The van der Waals surface area contributed by atoms with E-state index in [9.17, 15) is 27.8 Å². The molecule has 4 atom stereocenters. The van der Waals surface area contributed by atoms with E-state index in [0.717, 1.165) is 24.1 Å². The van der Waals surface area contributed by atoms with Crippen molar-refractivity contribution in [2.24, 2.45) is 11.8 Å². The minimum absolute atomic E-state index is 0.226. The van der Waals surface area contributed by atoms with E-state index in [-0.39, 0.29) is 11.8 Å². The van der Waals surface area contributed by atoms with Gasteiger partial charge < -0.3 is 10.2 Å². The van der Waals surface area contributed by atoms with Gasteiger partial charge in [-0.2, -0.15) is 0 Å². The van der Waals surface area contributed by atoms with Gasteiger partial charge in [-0.25, -0.2) is 17.6 Å². The predicted octanol–water partition coefficient (Wildman–Crippen LogP) is 8.79. The summed E-state index contributed by atoms with van der Waals surface area (Å²) in [5.74, 6) is -2.93. The number of nitrogens with zero attached hydrogens (tertiary/aromatic N) is 2. The molecule has 0 aliphatic rings. The molecule has 3 aromatic carbocycles. The molecule has 4 nitrogen and oxygen atoms in total. The van der Waals surface area contributed by atoms with Crippen LogP contribution in [0.1, 0.15) is 59.7 Å². The van der Waals surface area contributed by atoms with E-state index in [4.69, 9.17) is 11.6 Å². The molecule has 2 aromatic heterocycles. The highest BCUT2D eigenvalue weighted by molar-refractivity contribution is 6.30. The molecule has 9 heteroatoms. The fourth-order valence-corrected chi connectivity index (χ4v) is 5.36. The zero-order valence-electron chi connectivity index (χ0n) is 25.4. The first-order valence-corrected chi connectivity index (χ1v) is 15.2. The molecule has 0 bridgehead atoms. The summed E-state index contributed by atoms with van der Waals surface area (Å²) in [5, 5.41) is 21.3. The van der Waals surface area contributed by atoms with E-state index in [1.807, 2.05) is 37.3 Å². The van der Waals surface area contributed by atoms with Crippen molar-refractivity contribution in [3.63, 3.8) is 0 Å². The summed E-state index contributed by atoms with van der Waals surface area (Å²) >= 11 is 5.85. The normalized spacial score (nSPS) is 13.7. The lowest BCUT2D eigenvalue weighted by Crippen LogP contribution is -2.14. The van der Waals surface area contributed by atoms with Crippen LogP contribution in [0.25, 0.3) is 0 Å². The third-order valence-corrected chi connectivity index (χ3v) is 7.72. The maximum atomic E-state index is 13.3. The van der Waals surface area contributed by atoms with Crippen molar-refractivity contribution in [2.75, 3.05) is 0 Å². The monoisotopic (exact) mass is 650 g/mol. The SMILES string of the molecule is C[C@@H](Cc1cc(F)cc(F)c1)[C@H](O)c1cc(Cc2ccccc2)ccn1.C[C@@H](Cc1cc(F)cc(F)c1)[C@H](O)c1cc(Cl)ccn1. The first-order valence-electron chi connectivity index (χ1n) is 14.8. The number of aliphatic hydroxyl groups excluding tert-OH is 2. The van der Waals surface area contributed by atoms with Crippen LogP contribution in [0.3, 0.4) is 0 Å². The second-order valence-electron chi connectivity index (χ2n) is 11.5. The van der Waals surface area contributed by atoms with Gasteiger partial charge in [0.25, 0.3) is 0 Å². The first-order chi connectivity index (χ1) is 22.0. The fourth-order valence-electron chi connectivity index (χ4n) is 5.19. The van der Waals surface area contributed by atoms with Crippen molar-refractivity contribution in [2.45, 2.75) is 45.3 Å². The third kappa shape index (κ3) is 10.5. The van der Waals surface area contributed by atoms with Gasteiger partial charge >= 0.3 is 0 Å². The molecule has 0 fully saturated rings. The highest BCUT2D eigenvalue weighted by Gasteiger charge is 2.20. The second kappa shape index (κ2) is 16.5. The number of aliphatic hydroxyl groups is 2. The van der Waals surface area contributed by atoms with E-state index in [1.165, 1.54) is 36.0 Å². The largest absolute Gasteiger partial charge is 0.387 e. The van der Waals surface area contributed by atoms with Crippen LogP contribution >= 0.6 is 11.6 Å². The molecule has 5 aromatic rings. The zero-order chi connectivity index (χ0) is 33.2. The molecular formula is C37H35ClF4N2O2. The molecule has 0 unspecified atom stereocenters. The number of hydrogen-bond donors (Lipinski definition) is 2. The van der Waals surface area contributed by atoms with Gasteiger partial charge in [0.2, 0.25) is 0 Å². The molecular weight excluding hydrogens is 616 g/mol. The van der Waals surface area contributed by atoms with Gasteiger partial charge in [0.1, 0.15) is 23.3 Å². The first kappa shape index (κ1) is 34.8. The molecule has 46 heavy (non-hydrogen) atoms. The van der Waals surface area contributed by atoms with Crippen molar-refractivity contribution in [1.82, 2.24) is 9.97 Å². The van der Waals surface area contributed by atoms with Crippen LogP contribution in [0, 0.1) is 35.1 Å². The van der Waals surface area contributed by atoms with Gasteiger partial charge in [0.15, 0.2) is 0 Å². The van der Waals surface area contributed by atoms with Gasteiger partial charge in [-0.3, -0.25) is 9.97 Å². The quantitative estimate of drug-likeness (QED) is 0.148. The maximum absolute atomic E-state index is 13.3. The lowest BCUT2D eigenvalue weighted by molar-refractivity contribution is 0.113. The average Bonchev–Trinajstić information content (AvgIpc) is 3.00. The molecule has 0 spiro atoms. The number of halogens is 5. The number of benzene rings is 3. The Morgan fingerprint density at radius 3 is 1.50 bits per heavy atom. The Kier molecular flexibility index (Phi) is 12.4. The highest BCUT2D eigenvalue weighted by atomic mass is 35.5. The van der Waals surface area contributed by atoms with Crippen LogP contribution in [-0.2, 0) is 19.3 Å².